The fourth-order valence-electron chi connectivity index (χ4n) is 4.32. The van der Waals surface area contributed by atoms with E-state index >= 15 is 0 Å². The molecule has 1 saturated carbocycles. The van der Waals surface area contributed by atoms with Crippen LogP contribution in [0, 0.1) is 5.92 Å². The molecule has 1 aromatic carbocycles. The lowest BCUT2D eigenvalue weighted by Gasteiger charge is -2.40. The van der Waals surface area contributed by atoms with E-state index in [1.807, 2.05) is 4.90 Å². The first-order valence-electron chi connectivity index (χ1n) is 10.8. The molecule has 2 fully saturated rings. The van der Waals surface area contributed by atoms with E-state index in [0.29, 0.717) is 29.8 Å². The fraction of sp³-hybridized carbons (Fsp3) is 0.636. The smallest absolute Gasteiger partial charge is 0.260 e. The van der Waals surface area contributed by atoms with Crippen LogP contribution in [0.1, 0.15) is 39.0 Å². The number of piperazine rings is 1. The molecule has 7 heteroatoms. The summed E-state index contributed by atoms with van der Waals surface area (Å²) in [5, 5.41) is 3.73. The number of carbonyl (C=O) groups is 2. The summed E-state index contributed by atoms with van der Waals surface area (Å²) < 4.78 is 5.59. The van der Waals surface area contributed by atoms with E-state index in [-0.39, 0.29) is 24.5 Å². The van der Waals surface area contributed by atoms with Crippen molar-refractivity contribution in [3.8, 4) is 5.75 Å². The van der Waals surface area contributed by atoms with Crippen molar-refractivity contribution in [1.29, 1.82) is 0 Å². The molecule has 1 aliphatic carbocycles. The highest BCUT2D eigenvalue weighted by Crippen LogP contribution is 2.31. The number of nitrogens with zero attached hydrogens (tertiary/aromatic N) is 2. The molecule has 0 unspecified atom stereocenters. The summed E-state index contributed by atoms with van der Waals surface area (Å²) in [6, 6.07) is 6.94. The summed E-state index contributed by atoms with van der Waals surface area (Å²) in [4.78, 5) is 29.5. The van der Waals surface area contributed by atoms with Gasteiger partial charge in [0.1, 0.15) is 5.75 Å². The average Bonchev–Trinajstić information content (AvgIpc) is 3.26. The Morgan fingerprint density at radius 3 is 2.41 bits per heavy atom. The predicted octanol–water partition coefficient (Wildman–Crippen LogP) is 2.95. The second-order valence-corrected chi connectivity index (χ2v) is 8.38. The van der Waals surface area contributed by atoms with Gasteiger partial charge in [-0.15, -0.1) is 0 Å². The number of ether oxygens (including phenoxy) is 1. The second-order valence-electron chi connectivity index (χ2n) is 7.94. The Bertz CT molecular complexity index is 668. The minimum atomic E-state index is -0.0633. The lowest BCUT2D eigenvalue weighted by atomic mass is 9.95. The van der Waals surface area contributed by atoms with Gasteiger partial charge in [0.25, 0.3) is 5.91 Å². The molecule has 0 spiro atoms. The van der Waals surface area contributed by atoms with Gasteiger partial charge in [-0.25, -0.2) is 0 Å². The van der Waals surface area contributed by atoms with Gasteiger partial charge < -0.3 is 15.0 Å². The quantitative estimate of drug-likeness (QED) is 0.701. The number of halogens is 1. The van der Waals surface area contributed by atoms with Crippen LogP contribution >= 0.6 is 11.6 Å². The third-order valence-electron chi connectivity index (χ3n) is 5.90. The highest BCUT2D eigenvalue weighted by Gasteiger charge is 2.37. The molecule has 1 saturated heterocycles. The van der Waals surface area contributed by atoms with Crippen molar-refractivity contribution in [2.24, 2.45) is 5.92 Å². The summed E-state index contributed by atoms with van der Waals surface area (Å²) in [6.45, 7) is 5.54. The number of rotatable bonds is 8. The number of hydrogen-bond acceptors (Lipinski definition) is 4. The van der Waals surface area contributed by atoms with Crippen LogP contribution in [0.15, 0.2) is 24.3 Å². The summed E-state index contributed by atoms with van der Waals surface area (Å²) >= 11 is 5.87. The zero-order valence-electron chi connectivity index (χ0n) is 17.2. The van der Waals surface area contributed by atoms with Crippen molar-refractivity contribution in [3.05, 3.63) is 29.3 Å². The van der Waals surface area contributed by atoms with E-state index < -0.39 is 0 Å². The maximum atomic E-state index is 12.8. The SMILES string of the molecule is CCCNC(=O)[C@@H](C1CCCC1)N1CCN(C(=O)COc2ccc(Cl)cc2)CC1. The topological polar surface area (TPSA) is 61.9 Å². The van der Waals surface area contributed by atoms with Gasteiger partial charge in [0.05, 0.1) is 6.04 Å². The summed E-state index contributed by atoms with van der Waals surface area (Å²) in [5.74, 6) is 1.20. The number of hydrogen-bond donors (Lipinski definition) is 1. The molecule has 1 aromatic rings. The van der Waals surface area contributed by atoms with Gasteiger partial charge >= 0.3 is 0 Å². The second kappa shape index (κ2) is 10.8. The highest BCUT2D eigenvalue weighted by atomic mass is 35.5. The van der Waals surface area contributed by atoms with Crippen LogP contribution in [-0.2, 0) is 9.59 Å². The van der Waals surface area contributed by atoms with Crippen LogP contribution in [0.2, 0.25) is 5.02 Å². The molecule has 3 rings (SSSR count). The van der Waals surface area contributed by atoms with Gasteiger partial charge in [-0.05, 0) is 49.4 Å². The molecule has 0 bridgehead atoms. The number of carbonyl (C=O) groups excluding carboxylic acids is 2. The van der Waals surface area contributed by atoms with Gasteiger partial charge in [0.15, 0.2) is 6.61 Å². The number of benzene rings is 1. The summed E-state index contributed by atoms with van der Waals surface area (Å²) in [5.41, 5.74) is 0. The molecule has 1 N–H and O–H groups in total. The average molecular weight is 422 g/mol. The first kappa shape index (κ1) is 21.9. The molecule has 0 radical (unpaired) electrons. The largest absolute Gasteiger partial charge is 0.484 e. The third kappa shape index (κ3) is 6.09. The molecule has 1 atom stereocenters. The predicted molar refractivity (Wildman–Crippen MR) is 114 cm³/mol. The van der Waals surface area contributed by atoms with Crippen molar-refractivity contribution in [2.45, 2.75) is 45.1 Å². The van der Waals surface area contributed by atoms with Gasteiger partial charge in [-0.2, -0.15) is 0 Å². The molecule has 1 heterocycles. The fourth-order valence-corrected chi connectivity index (χ4v) is 4.45. The van der Waals surface area contributed by atoms with E-state index in [0.717, 1.165) is 38.9 Å². The van der Waals surface area contributed by atoms with Crippen molar-refractivity contribution >= 4 is 23.4 Å². The highest BCUT2D eigenvalue weighted by molar-refractivity contribution is 6.30. The Kier molecular flexibility index (Phi) is 8.19. The minimum Gasteiger partial charge on any atom is -0.484 e. The number of amides is 2. The maximum absolute atomic E-state index is 12.8. The van der Waals surface area contributed by atoms with E-state index in [1.165, 1.54) is 12.8 Å². The molecule has 2 aliphatic rings. The standard InChI is InChI=1S/C22H32ClN3O3/c1-2-11-24-22(28)21(17-5-3-4-6-17)26-14-12-25(13-15-26)20(27)16-29-19-9-7-18(23)8-10-19/h7-10,17,21H,2-6,11-16H2,1H3,(H,24,28)/t21-/m1/s1. The molecule has 6 nitrogen and oxygen atoms in total. The maximum Gasteiger partial charge on any atom is 0.260 e. The summed E-state index contributed by atoms with van der Waals surface area (Å²) in [6.07, 6.45) is 5.61. The van der Waals surface area contributed by atoms with Crippen molar-refractivity contribution < 1.29 is 14.3 Å². The summed E-state index contributed by atoms with van der Waals surface area (Å²) in [7, 11) is 0. The molecule has 2 amide bonds. The molecule has 29 heavy (non-hydrogen) atoms. The van der Waals surface area contributed by atoms with E-state index in [4.69, 9.17) is 16.3 Å². The van der Waals surface area contributed by atoms with E-state index in [9.17, 15) is 9.59 Å². The first-order chi connectivity index (χ1) is 14.1. The zero-order valence-corrected chi connectivity index (χ0v) is 18.0. The Morgan fingerprint density at radius 1 is 1.14 bits per heavy atom. The van der Waals surface area contributed by atoms with Crippen LogP contribution in [0.5, 0.6) is 5.75 Å². The van der Waals surface area contributed by atoms with Crippen LogP contribution in [-0.4, -0.2) is 67.0 Å². The van der Waals surface area contributed by atoms with Crippen molar-refractivity contribution in [2.75, 3.05) is 39.3 Å². The Morgan fingerprint density at radius 2 is 1.79 bits per heavy atom. The van der Waals surface area contributed by atoms with Crippen LogP contribution in [0.4, 0.5) is 0 Å². The zero-order chi connectivity index (χ0) is 20.6. The van der Waals surface area contributed by atoms with Crippen LogP contribution in [0.3, 0.4) is 0 Å². The normalized spacial score (nSPS) is 19.2. The molecule has 1 aliphatic heterocycles. The minimum absolute atomic E-state index is 0.0185. The van der Waals surface area contributed by atoms with E-state index in [1.54, 1.807) is 24.3 Å². The van der Waals surface area contributed by atoms with Crippen LogP contribution in [0.25, 0.3) is 0 Å². The Balaban J connectivity index is 1.50. The lowest BCUT2D eigenvalue weighted by Crippen LogP contribution is -2.58. The molecule has 0 aromatic heterocycles. The number of nitrogens with one attached hydrogen (secondary N) is 1. The van der Waals surface area contributed by atoms with Crippen molar-refractivity contribution in [3.63, 3.8) is 0 Å². The molecule has 160 valence electrons. The van der Waals surface area contributed by atoms with Gasteiger partial charge in [0, 0.05) is 37.7 Å². The van der Waals surface area contributed by atoms with Gasteiger partial charge in [0.2, 0.25) is 5.91 Å². The Labute approximate surface area is 178 Å². The van der Waals surface area contributed by atoms with Crippen LogP contribution < -0.4 is 10.1 Å². The van der Waals surface area contributed by atoms with Gasteiger partial charge in [-0.1, -0.05) is 31.4 Å². The van der Waals surface area contributed by atoms with E-state index in [2.05, 4.69) is 17.1 Å². The molecular formula is C22H32ClN3O3. The monoisotopic (exact) mass is 421 g/mol. The van der Waals surface area contributed by atoms with Crippen molar-refractivity contribution in [1.82, 2.24) is 15.1 Å². The first-order valence-corrected chi connectivity index (χ1v) is 11.1. The third-order valence-corrected chi connectivity index (χ3v) is 6.15. The lowest BCUT2D eigenvalue weighted by molar-refractivity contribution is -0.137. The Hall–Kier alpha value is -1.79. The molecular weight excluding hydrogens is 390 g/mol. The van der Waals surface area contributed by atoms with Gasteiger partial charge in [-0.3, -0.25) is 14.5 Å².